The number of nitrogens with one attached hydrogen (secondary N) is 1. The lowest BCUT2D eigenvalue weighted by Gasteiger charge is -2.23. The molecule has 0 radical (unpaired) electrons. The molecule has 4 rings (SSSR count). The summed E-state index contributed by atoms with van der Waals surface area (Å²) in [7, 11) is 1.55. The molecule has 2 aliphatic heterocycles. The smallest absolute Gasteiger partial charge is 0.291 e. The number of pyridine rings is 1. The Labute approximate surface area is 179 Å². The number of allylic oxidation sites excluding steroid dienone is 2. The van der Waals surface area contributed by atoms with E-state index in [1.165, 1.54) is 12.3 Å². The summed E-state index contributed by atoms with van der Waals surface area (Å²) in [4.78, 5) is 38.1. The Morgan fingerprint density at radius 3 is 2.90 bits per heavy atom. The van der Waals surface area contributed by atoms with E-state index < -0.39 is 6.17 Å². The second-order valence-electron chi connectivity index (χ2n) is 7.61. The Hall–Kier alpha value is -3.20. The highest BCUT2D eigenvalue weighted by Crippen LogP contribution is 2.26. The molecule has 0 aromatic carbocycles. The molecule has 1 fully saturated rings. The average molecular weight is 425 g/mol. The molecule has 1 saturated heterocycles. The topological polar surface area (TPSA) is 96.2 Å². The Morgan fingerprint density at radius 1 is 1.35 bits per heavy atom. The lowest BCUT2D eigenvalue weighted by Crippen LogP contribution is -2.31. The highest BCUT2D eigenvalue weighted by Gasteiger charge is 2.30. The first-order valence-electron chi connectivity index (χ1n) is 10.3. The van der Waals surface area contributed by atoms with Gasteiger partial charge < -0.3 is 10.1 Å². The predicted molar refractivity (Wildman–Crippen MR) is 114 cm³/mol. The van der Waals surface area contributed by atoms with E-state index in [9.17, 15) is 14.0 Å². The first kappa shape index (κ1) is 21.0. The van der Waals surface area contributed by atoms with Crippen LogP contribution in [0.2, 0.25) is 0 Å². The molecule has 8 nitrogen and oxygen atoms in total. The van der Waals surface area contributed by atoms with E-state index in [0.717, 1.165) is 13.0 Å². The fourth-order valence-corrected chi connectivity index (χ4v) is 3.77. The standard InChI is InChI=1S/C22H24FN5O3/c1-3-17-22(30)27-19-8-13(16(23)9-20(19)26-17)11-28-7-6-15(12-28)31-14-4-5-18(25-10-14)21(29)24-2/h4-5,8-10,15-16H,3,6-7,11-12H2,1-2H3,(H,24,29)/t15-,16?/m1/s1. The van der Waals surface area contributed by atoms with Crippen LogP contribution in [0.5, 0.6) is 5.75 Å². The van der Waals surface area contributed by atoms with E-state index in [1.807, 2.05) is 6.92 Å². The van der Waals surface area contributed by atoms with Crippen molar-refractivity contribution in [2.75, 3.05) is 26.7 Å². The molecule has 162 valence electrons. The van der Waals surface area contributed by atoms with Crippen LogP contribution >= 0.6 is 0 Å². The minimum Gasteiger partial charge on any atom is -0.487 e. The van der Waals surface area contributed by atoms with Gasteiger partial charge in [-0.25, -0.2) is 19.4 Å². The van der Waals surface area contributed by atoms with Crippen molar-refractivity contribution in [2.45, 2.75) is 32.0 Å². The predicted octanol–water partition coefficient (Wildman–Crippen LogP) is 1.89. The van der Waals surface area contributed by atoms with Gasteiger partial charge >= 0.3 is 0 Å². The number of aliphatic imine (C=N–C) groups is 2. The number of hydrogen-bond acceptors (Lipinski definition) is 6. The number of hydrogen-bond donors (Lipinski definition) is 1. The average Bonchev–Trinajstić information content (AvgIpc) is 3.21. The Morgan fingerprint density at radius 2 is 2.19 bits per heavy atom. The Kier molecular flexibility index (Phi) is 6.03. The number of nitrogens with zero attached hydrogens (tertiary/aromatic N) is 4. The SMILES string of the molecule is CCC1=NC2=CC(F)C(CN3CC[C@@H](Oc4ccc(C(=O)NC)nc4)C3)=CC2=NC1=O. The zero-order chi connectivity index (χ0) is 22.0. The molecule has 31 heavy (non-hydrogen) atoms. The van der Waals surface area contributed by atoms with Crippen molar-refractivity contribution < 1.29 is 18.7 Å². The molecule has 1 N–H and O–H groups in total. The first-order chi connectivity index (χ1) is 15.0. The van der Waals surface area contributed by atoms with E-state index in [2.05, 4.69) is 25.2 Å². The van der Waals surface area contributed by atoms with Crippen LogP contribution in [0.3, 0.4) is 0 Å². The summed E-state index contributed by atoms with van der Waals surface area (Å²) in [6, 6.07) is 3.33. The number of amides is 2. The molecule has 9 heteroatoms. The van der Waals surface area contributed by atoms with Crippen molar-refractivity contribution in [1.82, 2.24) is 15.2 Å². The van der Waals surface area contributed by atoms with Gasteiger partial charge in [0.1, 0.15) is 29.4 Å². The van der Waals surface area contributed by atoms with Crippen LogP contribution in [0.25, 0.3) is 0 Å². The van der Waals surface area contributed by atoms with Crippen molar-refractivity contribution in [3.63, 3.8) is 0 Å². The van der Waals surface area contributed by atoms with Crippen LogP contribution < -0.4 is 10.1 Å². The van der Waals surface area contributed by atoms with Crippen LogP contribution in [0.4, 0.5) is 4.39 Å². The van der Waals surface area contributed by atoms with Gasteiger partial charge in [0.05, 0.1) is 17.6 Å². The van der Waals surface area contributed by atoms with Crippen molar-refractivity contribution in [2.24, 2.45) is 9.98 Å². The van der Waals surface area contributed by atoms with Crippen molar-refractivity contribution >= 4 is 23.2 Å². The number of carbonyl (C=O) groups is 2. The third kappa shape index (κ3) is 4.61. The number of alkyl halides is 1. The van der Waals surface area contributed by atoms with Crippen molar-refractivity contribution in [3.05, 3.63) is 47.4 Å². The summed E-state index contributed by atoms with van der Waals surface area (Å²) in [5.74, 6) is -0.0153. The molecule has 1 aliphatic carbocycles. The maximum Gasteiger partial charge on any atom is 0.291 e. The molecule has 3 heterocycles. The van der Waals surface area contributed by atoms with E-state index in [0.29, 0.717) is 53.6 Å². The molecule has 2 atom stereocenters. The number of aromatic nitrogens is 1. The van der Waals surface area contributed by atoms with Gasteiger partial charge in [-0.15, -0.1) is 0 Å². The van der Waals surface area contributed by atoms with Crippen molar-refractivity contribution in [1.29, 1.82) is 0 Å². The van der Waals surface area contributed by atoms with Gasteiger partial charge in [0.25, 0.3) is 11.8 Å². The first-order valence-corrected chi connectivity index (χ1v) is 10.3. The number of rotatable bonds is 6. The van der Waals surface area contributed by atoms with E-state index in [-0.39, 0.29) is 17.9 Å². The van der Waals surface area contributed by atoms with Gasteiger partial charge in [0.15, 0.2) is 0 Å². The van der Waals surface area contributed by atoms with Crippen LogP contribution in [-0.2, 0) is 4.79 Å². The van der Waals surface area contributed by atoms with Crippen LogP contribution in [0.15, 0.2) is 51.7 Å². The third-order valence-corrected chi connectivity index (χ3v) is 5.44. The Bertz CT molecular complexity index is 1010. The zero-order valence-electron chi connectivity index (χ0n) is 17.5. The highest BCUT2D eigenvalue weighted by atomic mass is 19.1. The fraction of sp³-hybridized carbons (Fsp3) is 0.409. The normalized spacial score (nSPS) is 23.4. The third-order valence-electron chi connectivity index (χ3n) is 5.44. The molecule has 1 aromatic rings. The number of ether oxygens (including phenoxy) is 1. The van der Waals surface area contributed by atoms with Crippen LogP contribution in [0, 0.1) is 0 Å². The highest BCUT2D eigenvalue weighted by molar-refractivity contribution is 6.44. The van der Waals surface area contributed by atoms with Gasteiger partial charge in [-0.2, -0.15) is 0 Å². The summed E-state index contributed by atoms with van der Waals surface area (Å²) in [6.07, 6.45) is 4.57. The number of likely N-dealkylation sites (tertiary alicyclic amines) is 1. The minimum absolute atomic E-state index is 0.0497. The number of carbonyl (C=O) groups excluding carboxylic acids is 2. The number of fused-ring (bicyclic) bond motifs is 1. The summed E-state index contributed by atoms with van der Waals surface area (Å²) in [6.45, 7) is 3.66. The monoisotopic (exact) mass is 425 g/mol. The summed E-state index contributed by atoms with van der Waals surface area (Å²) in [5, 5.41) is 2.52. The minimum atomic E-state index is -1.26. The summed E-state index contributed by atoms with van der Waals surface area (Å²) in [5.41, 5.74) is 2.11. The largest absolute Gasteiger partial charge is 0.487 e. The molecule has 0 bridgehead atoms. The second-order valence-corrected chi connectivity index (χ2v) is 7.61. The Balaban J connectivity index is 1.35. The molecule has 1 unspecified atom stereocenters. The molecular weight excluding hydrogens is 401 g/mol. The lowest BCUT2D eigenvalue weighted by atomic mass is 9.98. The zero-order valence-corrected chi connectivity index (χ0v) is 17.5. The van der Waals surface area contributed by atoms with Gasteiger partial charge in [-0.1, -0.05) is 6.92 Å². The van der Waals surface area contributed by atoms with Crippen molar-refractivity contribution in [3.8, 4) is 5.75 Å². The summed E-state index contributed by atoms with van der Waals surface area (Å²) < 4.78 is 20.7. The van der Waals surface area contributed by atoms with E-state index in [4.69, 9.17) is 4.74 Å². The van der Waals surface area contributed by atoms with Gasteiger partial charge in [0, 0.05) is 26.7 Å². The molecule has 0 spiro atoms. The maximum absolute atomic E-state index is 14.7. The van der Waals surface area contributed by atoms with Gasteiger partial charge in [-0.05, 0) is 42.7 Å². The van der Waals surface area contributed by atoms with Crippen LogP contribution in [-0.4, -0.2) is 72.1 Å². The maximum atomic E-state index is 14.7. The molecule has 3 aliphatic rings. The van der Waals surface area contributed by atoms with Gasteiger partial charge in [0.2, 0.25) is 0 Å². The lowest BCUT2D eigenvalue weighted by molar-refractivity contribution is -0.111. The molecule has 1 aromatic heterocycles. The van der Waals surface area contributed by atoms with Crippen LogP contribution in [0.1, 0.15) is 30.3 Å². The van der Waals surface area contributed by atoms with E-state index in [1.54, 1.807) is 25.3 Å². The van der Waals surface area contributed by atoms with E-state index >= 15 is 0 Å². The quantitative estimate of drug-likeness (QED) is 0.751. The second kappa shape index (κ2) is 8.89. The van der Waals surface area contributed by atoms with Gasteiger partial charge in [-0.3, -0.25) is 14.5 Å². The molecular formula is C22H24FN5O3. The molecule has 0 saturated carbocycles. The number of halogens is 1. The fourth-order valence-electron chi connectivity index (χ4n) is 3.77. The summed E-state index contributed by atoms with van der Waals surface area (Å²) >= 11 is 0. The molecule has 2 amide bonds.